The Hall–Kier alpha value is -1.83. The van der Waals surface area contributed by atoms with Crippen molar-refractivity contribution in [1.29, 1.82) is 0 Å². The molecule has 2 heterocycles. The van der Waals surface area contributed by atoms with Gasteiger partial charge in [0.15, 0.2) is 5.13 Å². The first-order valence-corrected chi connectivity index (χ1v) is 4.99. The zero-order valence-corrected chi connectivity index (χ0v) is 8.73. The second kappa shape index (κ2) is 4.13. The van der Waals surface area contributed by atoms with E-state index in [-0.39, 0.29) is 12.5 Å². The summed E-state index contributed by atoms with van der Waals surface area (Å²) in [5, 5.41) is 13.7. The Kier molecular flexibility index (Phi) is 2.68. The smallest absolute Gasteiger partial charge is 0.248 e. The van der Waals surface area contributed by atoms with E-state index in [9.17, 15) is 4.79 Å². The summed E-state index contributed by atoms with van der Waals surface area (Å²) >= 11 is 1.42. The number of hydrogen-bond acceptors (Lipinski definition) is 6. The third kappa shape index (κ3) is 2.56. The maximum atomic E-state index is 11.4. The minimum Gasteiger partial charge on any atom is -0.300 e. The van der Waals surface area contributed by atoms with Crippen molar-refractivity contribution in [1.82, 2.24) is 25.2 Å². The van der Waals surface area contributed by atoms with Crippen LogP contribution < -0.4 is 5.32 Å². The number of nitrogens with zero attached hydrogens (tertiary/aromatic N) is 5. The molecule has 1 N–H and O–H groups in total. The molecule has 0 unspecified atom stereocenters. The van der Waals surface area contributed by atoms with Gasteiger partial charge >= 0.3 is 0 Å². The summed E-state index contributed by atoms with van der Waals surface area (Å²) in [7, 11) is 0. The monoisotopic (exact) mass is 224 g/mol. The molecular formula is C7H8N6OS. The van der Waals surface area contributed by atoms with Crippen LogP contribution in [0.15, 0.2) is 12.5 Å². The minimum absolute atomic E-state index is 0.0889. The van der Waals surface area contributed by atoms with Gasteiger partial charge in [-0.3, -0.25) is 4.79 Å². The molecule has 0 saturated heterocycles. The largest absolute Gasteiger partial charge is 0.300 e. The molecule has 0 saturated carbocycles. The van der Waals surface area contributed by atoms with E-state index in [2.05, 4.69) is 25.8 Å². The summed E-state index contributed by atoms with van der Waals surface area (Å²) in [4.78, 5) is 16.5. The van der Waals surface area contributed by atoms with Crippen LogP contribution in [0.4, 0.5) is 5.13 Å². The lowest BCUT2D eigenvalue weighted by Gasteiger charge is -1.99. The highest BCUT2D eigenvalue weighted by Gasteiger charge is 2.06. The molecule has 2 aromatic heterocycles. The molecule has 2 rings (SSSR count). The second-order valence-corrected chi connectivity index (χ2v) is 4.07. The fourth-order valence-corrected chi connectivity index (χ4v) is 1.65. The van der Waals surface area contributed by atoms with E-state index < -0.39 is 0 Å². The fraction of sp³-hybridized carbons (Fsp3) is 0.286. The number of hydrogen-bond donors (Lipinski definition) is 1. The van der Waals surface area contributed by atoms with Crippen LogP contribution in [-0.4, -0.2) is 31.1 Å². The topological polar surface area (TPSA) is 85.6 Å². The molecule has 7 nitrogen and oxygen atoms in total. The molecule has 0 aliphatic carbocycles. The van der Waals surface area contributed by atoms with E-state index in [4.69, 9.17) is 0 Å². The highest BCUT2D eigenvalue weighted by atomic mass is 32.1. The number of nitrogens with one attached hydrogen (secondary N) is 1. The summed E-state index contributed by atoms with van der Waals surface area (Å²) in [5.74, 6) is -0.198. The van der Waals surface area contributed by atoms with Gasteiger partial charge in [0, 0.05) is 11.1 Å². The van der Waals surface area contributed by atoms with Crippen LogP contribution in [0.2, 0.25) is 0 Å². The minimum atomic E-state index is -0.198. The molecule has 8 heteroatoms. The zero-order valence-electron chi connectivity index (χ0n) is 7.91. The first kappa shape index (κ1) is 9.71. The summed E-state index contributed by atoms with van der Waals surface area (Å²) in [6.45, 7) is 2.01. The lowest BCUT2D eigenvalue weighted by atomic mass is 10.6. The van der Waals surface area contributed by atoms with Gasteiger partial charge in [-0.1, -0.05) is 0 Å². The molecule has 0 aliphatic heterocycles. The molecule has 0 bridgehead atoms. The SMILES string of the molecule is Cc1cnc(NC(=O)Cn2cnnn2)s1. The fourth-order valence-electron chi connectivity index (χ4n) is 0.971. The van der Waals surface area contributed by atoms with Crippen LogP contribution in [0.25, 0.3) is 0 Å². The van der Waals surface area contributed by atoms with E-state index in [1.54, 1.807) is 6.20 Å². The van der Waals surface area contributed by atoms with Crippen molar-refractivity contribution < 1.29 is 4.79 Å². The van der Waals surface area contributed by atoms with E-state index in [0.717, 1.165) is 4.88 Å². The Labute approximate surface area is 89.1 Å². The van der Waals surface area contributed by atoms with Crippen molar-refractivity contribution in [2.45, 2.75) is 13.5 Å². The van der Waals surface area contributed by atoms with Gasteiger partial charge in [0.2, 0.25) is 5.91 Å². The number of tetrazole rings is 1. The van der Waals surface area contributed by atoms with Crippen LogP contribution in [0.5, 0.6) is 0 Å². The van der Waals surface area contributed by atoms with Gasteiger partial charge in [-0.2, -0.15) is 0 Å². The molecule has 2 aromatic rings. The van der Waals surface area contributed by atoms with E-state index in [1.807, 2.05) is 6.92 Å². The van der Waals surface area contributed by atoms with Gasteiger partial charge in [0.05, 0.1) is 0 Å². The molecule has 0 atom stereocenters. The third-order valence-corrected chi connectivity index (χ3v) is 2.39. The maximum Gasteiger partial charge on any atom is 0.248 e. The molecule has 0 aliphatic rings. The van der Waals surface area contributed by atoms with Gasteiger partial charge in [0.1, 0.15) is 12.9 Å². The highest BCUT2D eigenvalue weighted by molar-refractivity contribution is 7.15. The number of thiazole rings is 1. The molecule has 0 spiro atoms. The molecule has 78 valence electrons. The lowest BCUT2D eigenvalue weighted by Crippen LogP contribution is -2.18. The first-order chi connectivity index (χ1) is 7.24. The number of rotatable bonds is 3. The Balaban J connectivity index is 1.93. The Morgan fingerprint density at radius 2 is 2.53 bits per heavy atom. The Morgan fingerprint density at radius 1 is 1.67 bits per heavy atom. The van der Waals surface area contributed by atoms with Crippen LogP contribution in [0, 0.1) is 6.92 Å². The number of carbonyl (C=O) groups is 1. The predicted molar refractivity (Wildman–Crippen MR) is 53.3 cm³/mol. The third-order valence-electron chi connectivity index (χ3n) is 1.56. The van der Waals surface area contributed by atoms with Crippen molar-refractivity contribution in [3.8, 4) is 0 Å². The van der Waals surface area contributed by atoms with Crippen LogP contribution in [-0.2, 0) is 11.3 Å². The highest BCUT2D eigenvalue weighted by Crippen LogP contribution is 2.16. The van der Waals surface area contributed by atoms with Gasteiger partial charge in [-0.25, -0.2) is 9.67 Å². The van der Waals surface area contributed by atoms with Crippen LogP contribution in [0.1, 0.15) is 4.88 Å². The van der Waals surface area contributed by atoms with Gasteiger partial charge in [0.25, 0.3) is 0 Å². The first-order valence-electron chi connectivity index (χ1n) is 4.17. The van der Waals surface area contributed by atoms with E-state index >= 15 is 0 Å². The number of aryl methyl sites for hydroxylation is 1. The molecule has 0 fully saturated rings. The molecule has 0 radical (unpaired) electrons. The number of amides is 1. The number of anilines is 1. The van der Waals surface area contributed by atoms with Crippen LogP contribution in [0.3, 0.4) is 0 Å². The molecule has 1 amide bonds. The standard InChI is InChI=1S/C7H8N6OS/c1-5-2-8-7(15-5)10-6(14)3-13-4-9-11-12-13/h2,4H,3H2,1H3,(H,8,10,14). The van der Waals surface area contributed by atoms with Crippen molar-refractivity contribution in [2.75, 3.05) is 5.32 Å². The zero-order chi connectivity index (χ0) is 10.7. The molecular weight excluding hydrogens is 216 g/mol. The lowest BCUT2D eigenvalue weighted by molar-refractivity contribution is -0.116. The molecule has 15 heavy (non-hydrogen) atoms. The van der Waals surface area contributed by atoms with Crippen molar-refractivity contribution >= 4 is 22.4 Å². The summed E-state index contributed by atoms with van der Waals surface area (Å²) < 4.78 is 1.34. The molecule has 0 aromatic carbocycles. The maximum absolute atomic E-state index is 11.4. The second-order valence-electron chi connectivity index (χ2n) is 2.83. The van der Waals surface area contributed by atoms with E-state index in [0.29, 0.717) is 5.13 Å². The van der Waals surface area contributed by atoms with E-state index in [1.165, 1.54) is 22.3 Å². The Morgan fingerprint density at radius 3 is 3.13 bits per heavy atom. The summed E-state index contributed by atoms with van der Waals surface area (Å²) in [6.07, 6.45) is 3.09. The number of carbonyl (C=O) groups excluding carboxylic acids is 1. The van der Waals surface area contributed by atoms with Crippen molar-refractivity contribution in [2.24, 2.45) is 0 Å². The average molecular weight is 224 g/mol. The van der Waals surface area contributed by atoms with Gasteiger partial charge in [-0.05, 0) is 17.4 Å². The number of aromatic nitrogens is 5. The summed E-state index contributed by atoms with van der Waals surface area (Å²) in [6, 6.07) is 0. The average Bonchev–Trinajstić information content (AvgIpc) is 2.77. The van der Waals surface area contributed by atoms with Crippen molar-refractivity contribution in [3.63, 3.8) is 0 Å². The van der Waals surface area contributed by atoms with Crippen molar-refractivity contribution in [3.05, 3.63) is 17.4 Å². The van der Waals surface area contributed by atoms with Crippen LogP contribution >= 0.6 is 11.3 Å². The quantitative estimate of drug-likeness (QED) is 0.797. The predicted octanol–water partition coefficient (Wildman–Crippen LogP) is 0.0767. The normalized spacial score (nSPS) is 10.2. The summed E-state index contributed by atoms with van der Waals surface area (Å²) in [5.41, 5.74) is 0. The Bertz CT molecular complexity index is 450. The van der Waals surface area contributed by atoms with Gasteiger partial charge < -0.3 is 5.32 Å². The van der Waals surface area contributed by atoms with Gasteiger partial charge in [-0.15, -0.1) is 16.4 Å².